The molecule has 4 rings (SSSR count). The summed E-state index contributed by atoms with van der Waals surface area (Å²) >= 11 is 0. The van der Waals surface area contributed by atoms with Crippen molar-refractivity contribution in [2.45, 2.75) is 70.5 Å². The second-order valence-electron chi connectivity index (χ2n) is 8.72. The molecule has 3 heteroatoms. The lowest BCUT2D eigenvalue weighted by molar-refractivity contribution is -0.152. The highest BCUT2D eigenvalue weighted by atomic mass is 16.3. The van der Waals surface area contributed by atoms with Gasteiger partial charge < -0.3 is 10.2 Å². The first kappa shape index (κ1) is 14.9. The lowest BCUT2D eigenvalue weighted by Gasteiger charge is -2.57. The van der Waals surface area contributed by atoms with Crippen molar-refractivity contribution in [1.82, 2.24) is 0 Å². The van der Waals surface area contributed by atoms with E-state index in [1.807, 2.05) is 13.0 Å². The van der Waals surface area contributed by atoms with E-state index in [0.29, 0.717) is 36.5 Å². The Bertz CT molecular complexity index is 535. The van der Waals surface area contributed by atoms with Crippen LogP contribution in [0, 0.1) is 29.1 Å². The fraction of sp³-hybridized carbons (Fsp3) is 0.842. The van der Waals surface area contributed by atoms with Gasteiger partial charge in [0.1, 0.15) is 0 Å². The number of allylic oxidation sites excluding steroid dienone is 1. The Morgan fingerprint density at radius 3 is 2.73 bits per heavy atom. The van der Waals surface area contributed by atoms with Crippen LogP contribution in [0.2, 0.25) is 0 Å². The summed E-state index contributed by atoms with van der Waals surface area (Å²) in [6.45, 7) is 4.16. The Morgan fingerprint density at radius 2 is 1.95 bits per heavy atom. The normalized spacial score (nSPS) is 54.3. The average Bonchev–Trinajstić information content (AvgIpc) is 2.68. The van der Waals surface area contributed by atoms with E-state index in [1.54, 1.807) is 0 Å². The van der Waals surface area contributed by atoms with E-state index in [-0.39, 0.29) is 17.3 Å². The molecular weight excluding hydrogens is 276 g/mol. The molecule has 0 radical (unpaired) electrons. The Kier molecular flexibility index (Phi) is 3.16. The van der Waals surface area contributed by atoms with Crippen molar-refractivity contribution in [3.8, 4) is 0 Å². The molecule has 0 saturated heterocycles. The molecule has 4 aliphatic carbocycles. The first-order valence-electron chi connectivity index (χ1n) is 8.97. The van der Waals surface area contributed by atoms with Crippen LogP contribution in [-0.4, -0.2) is 27.7 Å². The van der Waals surface area contributed by atoms with Crippen LogP contribution in [0.4, 0.5) is 0 Å². The van der Waals surface area contributed by atoms with Gasteiger partial charge in [0.25, 0.3) is 0 Å². The van der Waals surface area contributed by atoms with E-state index in [4.69, 9.17) is 0 Å². The molecule has 3 nitrogen and oxygen atoms in total. The fourth-order valence-electron chi connectivity index (χ4n) is 6.48. The van der Waals surface area contributed by atoms with Crippen molar-refractivity contribution in [1.29, 1.82) is 0 Å². The van der Waals surface area contributed by atoms with Crippen molar-refractivity contribution in [2.24, 2.45) is 29.1 Å². The van der Waals surface area contributed by atoms with E-state index in [2.05, 4.69) is 6.92 Å². The molecule has 0 aromatic rings. The standard InChI is InChI=1S/C19H28O3/c1-18-10-16(21)17-13-6-4-12(20)9-11(13)3-5-14(17)15(18)7-8-19(18,2)22/h9,13-17,21-22H,3-8,10H2,1-2H3/t13-,14-,15-,16+,17+,18-,19-/m0/s1. The summed E-state index contributed by atoms with van der Waals surface area (Å²) in [5.41, 5.74) is 0.492. The van der Waals surface area contributed by atoms with Crippen molar-refractivity contribution < 1.29 is 15.0 Å². The predicted molar refractivity (Wildman–Crippen MR) is 84.1 cm³/mol. The van der Waals surface area contributed by atoms with Gasteiger partial charge in [0.05, 0.1) is 11.7 Å². The molecule has 3 fully saturated rings. The number of hydrogen-bond acceptors (Lipinski definition) is 3. The van der Waals surface area contributed by atoms with Gasteiger partial charge >= 0.3 is 0 Å². The molecule has 0 aromatic heterocycles. The minimum absolute atomic E-state index is 0.153. The first-order valence-corrected chi connectivity index (χ1v) is 8.97. The van der Waals surface area contributed by atoms with Crippen molar-refractivity contribution in [3.05, 3.63) is 11.6 Å². The zero-order chi connectivity index (χ0) is 15.7. The van der Waals surface area contributed by atoms with Gasteiger partial charge in [-0.15, -0.1) is 0 Å². The minimum atomic E-state index is -0.651. The van der Waals surface area contributed by atoms with Gasteiger partial charge in [0.2, 0.25) is 0 Å². The monoisotopic (exact) mass is 304 g/mol. The third-order valence-electron chi connectivity index (χ3n) is 7.83. The van der Waals surface area contributed by atoms with Gasteiger partial charge in [-0.25, -0.2) is 0 Å². The summed E-state index contributed by atoms with van der Waals surface area (Å²) < 4.78 is 0. The SMILES string of the molecule is C[C@]1(O)CC[C@H]2[C@@H]3CCC4=CC(=O)CC[C@@H]4[C@H]3[C@H](O)C[C@@]21C. The highest BCUT2D eigenvalue weighted by molar-refractivity contribution is 5.91. The highest BCUT2D eigenvalue weighted by Gasteiger charge is 2.62. The molecule has 122 valence electrons. The average molecular weight is 304 g/mol. The summed E-state index contributed by atoms with van der Waals surface area (Å²) in [5.74, 6) is 2.01. The van der Waals surface area contributed by atoms with Crippen LogP contribution in [0.5, 0.6) is 0 Å². The lowest BCUT2D eigenvalue weighted by Crippen LogP contribution is -2.56. The Morgan fingerprint density at radius 1 is 1.18 bits per heavy atom. The van der Waals surface area contributed by atoms with E-state index in [9.17, 15) is 15.0 Å². The lowest BCUT2D eigenvalue weighted by atomic mass is 9.50. The van der Waals surface area contributed by atoms with Crippen LogP contribution >= 0.6 is 0 Å². The number of rotatable bonds is 0. The molecule has 0 heterocycles. The topological polar surface area (TPSA) is 57.5 Å². The smallest absolute Gasteiger partial charge is 0.155 e. The second-order valence-corrected chi connectivity index (χ2v) is 8.72. The summed E-state index contributed by atoms with van der Waals surface area (Å²) in [6.07, 6.45) is 7.84. The Hall–Kier alpha value is -0.670. The predicted octanol–water partition coefficient (Wildman–Crippen LogP) is 2.85. The van der Waals surface area contributed by atoms with Crippen LogP contribution in [0.3, 0.4) is 0 Å². The number of aliphatic hydroxyl groups excluding tert-OH is 1. The molecule has 4 aliphatic rings. The Balaban J connectivity index is 1.70. The molecular formula is C19H28O3. The van der Waals surface area contributed by atoms with Crippen LogP contribution in [0.1, 0.15) is 58.8 Å². The summed E-state index contributed by atoms with van der Waals surface area (Å²) in [6, 6.07) is 0. The zero-order valence-electron chi connectivity index (χ0n) is 13.7. The van der Waals surface area contributed by atoms with Crippen LogP contribution in [0.15, 0.2) is 11.6 Å². The number of ketones is 1. The molecule has 0 aromatic carbocycles. The number of hydrogen-bond donors (Lipinski definition) is 2. The third-order valence-corrected chi connectivity index (χ3v) is 7.83. The number of carbonyl (C=O) groups excluding carboxylic acids is 1. The summed E-state index contributed by atoms with van der Waals surface area (Å²) in [7, 11) is 0. The highest BCUT2D eigenvalue weighted by Crippen LogP contribution is 2.64. The number of aliphatic hydroxyl groups is 2. The quantitative estimate of drug-likeness (QED) is 0.723. The summed E-state index contributed by atoms with van der Waals surface area (Å²) in [5, 5.41) is 21.8. The number of carbonyl (C=O) groups is 1. The van der Waals surface area contributed by atoms with Gasteiger partial charge in [-0.2, -0.15) is 0 Å². The molecule has 2 N–H and O–H groups in total. The van der Waals surface area contributed by atoms with Crippen LogP contribution < -0.4 is 0 Å². The molecule has 22 heavy (non-hydrogen) atoms. The molecule has 3 saturated carbocycles. The second kappa shape index (κ2) is 4.67. The van der Waals surface area contributed by atoms with E-state index >= 15 is 0 Å². The zero-order valence-corrected chi connectivity index (χ0v) is 13.7. The van der Waals surface area contributed by atoms with Gasteiger partial charge in [0, 0.05) is 11.8 Å². The van der Waals surface area contributed by atoms with E-state index in [1.165, 1.54) is 5.57 Å². The van der Waals surface area contributed by atoms with E-state index < -0.39 is 5.60 Å². The maximum atomic E-state index is 11.7. The largest absolute Gasteiger partial charge is 0.393 e. The molecule has 0 aliphatic heterocycles. The van der Waals surface area contributed by atoms with Gasteiger partial charge in [-0.3, -0.25) is 4.79 Å². The van der Waals surface area contributed by atoms with Crippen LogP contribution in [-0.2, 0) is 4.79 Å². The van der Waals surface area contributed by atoms with Crippen molar-refractivity contribution in [3.63, 3.8) is 0 Å². The van der Waals surface area contributed by atoms with Gasteiger partial charge in [0.15, 0.2) is 5.78 Å². The fourth-order valence-corrected chi connectivity index (χ4v) is 6.48. The molecule has 0 amide bonds. The van der Waals surface area contributed by atoms with Gasteiger partial charge in [-0.1, -0.05) is 12.5 Å². The van der Waals surface area contributed by atoms with E-state index in [0.717, 1.165) is 32.1 Å². The van der Waals surface area contributed by atoms with Gasteiger partial charge in [-0.05, 0) is 75.2 Å². The van der Waals surface area contributed by atoms with Crippen molar-refractivity contribution >= 4 is 5.78 Å². The Labute approximate surface area is 132 Å². The van der Waals surface area contributed by atoms with Crippen molar-refractivity contribution in [2.75, 3.05) is 0 Å². The number of fused-ring (bicyclic) bond motifs is 5. The van der Waals surface area contributed by atoms with Crippen LogP contribution in [0.25, 0.3) is 0 Å². The third kappa shape index (κ3) is 1.85. The first-order chi connectivity index (χ1) is 10.3. The summed E-state index contributed by atoms with van der Waals surface area (Å²) in [4.78, 5) is 11.7. The maximum absolute atomic E-state index is 11.7. The molecule has 7 atom stereocenters. The maximum Gasteiger partial charge on any atom is 0.155 e. The molecule has 0 bridgehead atoms. The minimum Gasteiger partial charge on any atom is -0.393 e. The molecule has 0 spiro atoms. The molecule has 0 unspecified atom stereocenters.